The highest BCUT2D eigenvalue weighted by Gasteiger charge is 2.40. The lowest BCUT2D eigenvalue weighted by molar-refractivity contribution is -0.633. The number of nitrogens with zero attached hydrogens (tertiary/aromatic N) is 1. The lowest BCUT2D eigenvalue weighted by atomic mass is 9.61. The highest BCUT2D eigenvalue weighted by atomic mass is 14.9. The van der Waals surface area contributed by atoms with Crippen LogP contribution in [0.5, 0.6) is 0 Å². The van der Waals surface area contributed by atoms with Crippen molar-refractivity contribution in [2.75, 3.05) is 0 Å². The fraction of sp³-hybridized carbons (Fsp3) is 0.318. The number of rotatable bonds is 1. The van der Waals surface area contributed by atoms with Crippen LogP contribution in [0.3, 0.4) is 0 Å². The van der Waals surface area contributed by atoms with Crippen LogP contribution in [0.2, 0.25) is 0 Å². The van der Waals surface area contributed by atoms with Crippen molar-refractivity contribution in [2.24, 2.45) is 13.0 Å². The predicted molar refractivity (Wildman–Crippen MR) is 94.5 cm³/mol. The Morgan fingerprint density at radius 1 is 0.957 bits per heavy atom. The van der Waals surface area contributed by atoms with Gasteiger partial charge in [0.2, 0.25) is 11.2 Å². The Kier molecular flexibility index (Phi) is 2.70. The summed E-state index contributed by atoms with van der Waals surface area (Å²) in [5.74, 6) is 1.75. The Balaban J connectivity index is 1.81. The van der Waals surface area contributed by atoms with Gasteiger partial charge in [0, 0.05) is 17.5 Å². The van der Waals surface area contributed by atoms with Crippen LogP contribution in [0.1, 0.15) is 35.4 Å². The molecule has 0 radical (unpaired) electrons. The van der Waals surface area contributed by atoms with E-state index in [1.165, 1.54) is 47.0 Å². The van der Waals surface area contributed by atoms with Gasteiger partial charge in [-0.1, -0.05) is 24.3 Å². The van der Waals surface area contributed by atoms with Crippen LogP contribution in [-0.4, -0.2) is 0 Å². The topological polar surface area (TPSA) is 3.88 Å². The summed E-state index contributed by atoms with van der Waals surface area (Å²) >= 11 is 0. The fourth-order valence-electron chi connectivity index (χ4n) is 4.80. The molecule has 1 nitrogen and oxygen atoms in total. The molecular formula is C22H22N+. The van der Waals surface area contributed by atoms with Crippen LogP contribution in [0.15, 0.2) is 48.5 Å². The molecule has 3 aromatic rings. The van der Waals surface area contributed by atoms with Gasteiger partial charge in [0.1, 0.15) is 7.05 Å². The smallest absolute Gasteiger partial charge is 0.194 e. The molecule has 0 saturated heterocycles. The van der Waals surface area contributed by atoms with E-state index in [1.807, 2.05) is 0 Å². The third kappa shape index (κ3) is 1.83. The lowest BCUT2D eigenvalue weighted by Gasteiger charge is -2.43. The number of para-hydroxylation sites is 1. The predicted octanol–water partition coefficient (Wildman–Crippen LogP) is 4.69. The number of hydrogen-bond acceptors (Lipinski definition) is 0. The van der Waals surface area contributed by atoms with Gasteiger partial charge in [0.25, 0.3) is 0 Å². The molecule has 0 aliphatic heterocycles. The summed E-state index contributed by atoms with van der Waals surface area (Å²) in [6, 6.07) is 18.0. The molecule has 1 heterocycles. The maximum absolute atomic E-state index is 2.38. The van der Waals surface area contributed by atoms with Crippen LogP contribution in [0.4, 0.5) is 0 Å². The summed E-state index contributed by atoms with van der Waals surface area (Å²) in [7, 11) is 2.21. The zero-order valence-electron chi connectivity index (χ0n) is 13.8. The molecule has 0 spiro atoms. The van der Waals surface area contributed by atoms with Gasteiger partial charge in [0.05, 0.1) is 5.56 Å². The van der Waals surface area contributed by atoms with Crippen LogP contribution in [0.25, 0.3) is 22.2 Å². The van der Waals surface area contributed by atoms with E-state index in [9.17, 15) is 0 Å². The first-order valence-corrected chi connectivity index (χ1v) is 8.73. The molecule has 0 unspecified atom stereocenters. The normalized spacial score (nSPS) is 21.8. The van der Waals surface area contributed by atoms with Crippen LogP contribution in [0, 0.1) is 12.8 Å². The van der Waals surface area contributed by atoms with Crippen molar-refractivity contribution in [3.63, 3.8) is 0 Å². The van der Waals surface area contributed by atoms with Gasteiger partial charge < -0.3 is 0 Å². The number of aryl methyl sites for hydroxylation is 2. The molecule has 1 heteroatoms. The molecule has 0 atom stereocenters. The van der Waals surface area contributed by atoms with Crippen LogP contribution in [-0.2, 0) is 13.5 Å². The number of hydrogen-bond donors (Lipinski definition) is 0. The largest absolute Gasteiger partial charge is 0.213 e. The van der Waals surface area contributed by atoms with E-state index in [2.05, 4.69) is 67.1 Å². The molecule has 0 amide bonds. The van der Waals surface area contributed by atoms with Crippen LogP contribution < -0.4 is 4.57 Å². The molecule has 1 aromatic heterocycles. The molecule has 3 aliphatic carbocycles. The molecule has 114 valence electrons. The quantitative estimate of drug-likeness (QED) is 0.574. The average molecular weight is 300 g/mol. The van der Waals surface area contributed by atoms with E-state index in [0.717, 1.165) is 11.8 Å². The Bertz CT molecular complexity index is 932. The van der Waals surface area contributed by atoms with E-state index in [0.29, 0.717) is 0 Å². The first-order chi connectivity index (χ1) is 11.2. The first kappa shape index (κ1) is 13.3. The zero-order chi connectivity index (χ0) is 15.6. The summed E-state index contributed by atoms with van der Waals surface area (Å²) in [5, 5.41) is 1.31. The minimum Gasteiger partial charge on any atom is -0.194 e. The van der Waals surface area contributed by atoms with Gasteiger partial charge in [0.15, 0.2) is 0 Å². The van der Waals surface area contributed by atoms with Crippen molar-refractivity contribution in [1.82, 2.24) is 0 Å². The second-order valence-corrected chi connectivity index (χ2v) is 7.41. The molecule has 2 bridgehead atoms. The average Bonchev–Trinajstić information content (AvgIpc) is 2.55. The Labute approximate surface area is 137 Å². The number of fused-ring (bicyclic) bond motifs is 1. The minimum atomic E-state index is 0.796. The summed E-state index contributed by atoms with van der Waals surface area (Å²) in [4.78, 5) is 0. The van der Waals surface area contributed by atoms with Crippen molar-refractivity contribution in [2.45, 2.75) is 32.1 Å². The monoisotopic (exact) mass is 300 g/mol. The Hall–Kier alpha value is -2.15. The number of aromatic nitrogens is 1. The highest BCUT2D eigenvalue weighted by molar-refractivity contribution is 5.79. The molecule has 3 aliphatic rings. The Morgan fingerprint density at radius 3 is 2.65 bits per heavy atom. The zero-order valence-corrected chi connectivity index (χ0v) is 13.8. The molecule has 0 N–H and O–H groups in total. The maximum Gasteiger partial charge on any atom is 0.213 e. The number of pyridine rings is 1. The maximum atomic E-state index is 2.38. The van der Waals surface area contributed by atoms with Crippen molar-refractivity contribution in [3.8, 4) is 11.3 Å². The summed E-state index contributed by atoms with van der Waals surface area (Å²) in [6.45, 7) is 2.27. The molecule has 23 heavy (non-hydrogen) atoms. The fourth-order valence-corrected chi connectivity index (χ4v) is 4.80. The highest BCUT2D eigenvalue weighted by Crippen LogP contribution is 2.52. The number of benzene rings is 2. The van der Waals surface area contributed by atoms with Gasteiger partial charge in [-0.25, -0.2) is 0 Å². The standard InChI is InChI=1S/C22H22N/c1-14-7-8-17-11-15-12-18(13-15)22(17)21(14)20-10-9-16-5-3-4-6-19(16)23(20)2/h3-10,15,18H,11-13H2,1-2H3/q+1. The van der Waals surface area contributed by atoms with Crippen molar-refractivity contribution < 1.29 is 4.57 Å². The van der Waals surface area contributed by atoms with Gasteiger partial charge in [-0.15, -0.1) is 0 Å². The van der Waals surface area contributed by atoms with Crippen molar-refractivity contribution in [3.05, 3.63) is 65.2 Å². The first-order valence-electron chi connectivity index (χ1n) is 8.73. The van der Waals surface area contributed by atoms with Crippen LogP contribution >= 0.6 is 0 Å². The summed E-state index contributed by atoms with van der Waals surface area (Å²) in [5.41, 5.74) is 8.84. The lowest BCUT2D eigenvalue weighted by Crippen LogP contribution is -2.35. The molecule has 6 rings (SSSR count). The van der Waals surface area contributed by atoms with Crippen molar-refractivity contribution in [1.29, 1.82) is 0 Å². The van der Waals surface area contributed by atoms with Crippen molar-refractivity contribution >= 4 is 10.9 Å². The molecule has 1 fully saturated rings. The third-order valence-corrected chi connectivity index (χ3v) is 6.03. The van der Waals surface area contributed by atoms with Gasteiger partial charge in [-0.05, 0) is 66.8 Å². The van der Waals surface area contributed by atoms with Gasteiger partial charge >= 0.3 is 0 Å². The summed E-state index contributed by atoms with van der Waals surface area (Å²) in [6.07, 6.45) is 4.10. The van der Waals surface area contributed by atoms with Gasteiger partial charge in [-0.2, -0.15) is 4.57 Å². The van der Waals surface area contributed by atoms with E-state index in [4.69, 9.17) is 0 Å². The second kappa shape index (κ2) is 4.67. The third-order valence-electron chi connectivity index (χ3n) is 6.03. The van der Waals surface area contributed by atoms with E-state index >= 15 is 0 Å². The van der Waals surface area contributed by atoms with E-state index in [-0.39, 0.29) is 0 Å². The van der Waals surface area contributed by atoms with E-state index < -0.39 is 0 Å². The summed E-state index contributed by atoms with van der Waals surface area (Å²) < 4.78 is 2.38. The van der Waals surface area contributed by atoms with E-state index in [1.54, 1.807) is 11.1 Å². The SMILES string of the molecule is Cc1ccc2c(c1-c1ccc3ccccc3[n+]1C)C1CC(C2)C1. The molecule has 1 saturated carbocycles. The second-order valence-electron chi connectivity index (χ2n) is 7.41. The minimum absolute atomic E-state index is 0.796. The van der Waals surface area contributed by atoms with Gasteiger partial charge in [-0.3, -0.25) is 0 Å². The molecule has 2 aromatic carbocycles. The molecular weight excluding hydrogens is 278 g/mol. The Morgan fingerprint density at radius 2 is 1.78 bits per heavy atom.